The molecule has 1 atom stereocenters. The number of H-pyrrole nitrogens is 1. The first-order chi connectivity index (χ1) is 5.74. The van der Waals surface area contributed by atoms with Gasteiger partial charge in [-0.05, 0) is 0 Å². The van der Waals surface area contributed by atoms with E-state index in [2.05, 4.69) is 15.3 Å². The first-order valence-electron chi connectivity index (χ1n) is 3.68. The Morgan fingerprint density at radius 2 is 2.67 bits per heavy atom. The molecule has 1 aromatic rings. The highest BCUT2D eigenvalue weighted by atomic mass is 16.2. The van der Waals surface area contributed by atoms with Crippen LogP contribution in [0.3, 0.4) is 0 Å². The molecule has 0 spiro atoms. The highest BCUT2D eigenvalue weighted by Crippen LogP contribution is 1.95. The molecule has 66 valence electrons. The Morgan fingerprint density at radius 3 is 3.17 bits per heavy atom. The second kappa shape index (κ2) is 3.87. The van der Waals surface area contributed by atoms with Gasteiger partial charge in [0.2, 0.25) is 5.91 Å². The van der Waals surface area contributed by atoms with Crippen LogP contribution in [0.15, 0.2) is 12.5 Å². The number of hydrogen-bond donors (Lipinski definition) is 3. The van der Waals surface area contributed by atoms with Crippen molar-refractivity contribution in [3.8, 4) is 0 Å². The minimum Gasteiger partial charge on any atom is -0.358 e. The lowest BCUT2D eigenvalue weighted by molar-refractivity contribution is -0.121. The van der Waals surface area contributed by atoms with Gasteiger partial charge in [0, 0.05) is 25.4 Å². The van der Waals surface area contributed by atoms with Crippen LogP contribution in [-0.4, -0.2) is 29.0 Å². The molecule has 5 heteroatoms. The summed E-state index contributed by atoms with van der Waals surface area (Å²) in [5.74, 6) is -0.162. The molecule has 1 unspecified atom stereocenters. The summed E-state index contributed by atoms with van der Waals surface area (Å²) in [7, 11) is 1.56. The Labute approximate surface area is 70.4 Å². The van der Waals surface area contributed by atoms with Crippen LogP contribution in [0.5, 0.6) is 0 Å². The van der Waals surface area contributed by atoms with Gasteiger partial charge in [0.05, 0.1) is 12.4 Å². The third-order valence-electron chi connectivity index (χ3n) is 1.58. The number of likely N-dealkylation sites (N-methyl/N-ethyl adjacent to an activating group) is 1. The van der Waals surface area contributed by atoms with Gasteiger partial charge in [0.25, 0.3) is 0 Å². The van der Waals surface area contributed by atoms with Crippen molar-refractivity contribution in [2.24, 2.45) is 5.73 Å². The van der Waals surface area contributed by atoms with Crippen molar-refractivity contribution in [1.29, 1.82) is 0 Å². The van der Waals surface area contributed by atoms with E-state index in [1.54, 1.807) is 19.6 Å². The van der Waals surface area contributed by atoms with Gasteiger partial charge in [0.15, 0.2) is 0 Å². The predicted molar refractivity (Wildman–Crippen MR) is 44.3 cm³/mol. The van der Waals surface area contributed by atoms with Crippen LogP contribution in [-0.2, 0) is 11.2 Å². The maximum absolute atomic E-state index is 11.0. The van der Waals surface area contributed by atoms with Crippen LogP contribution in [0.25, 0.3) is 0 Å². The van der Waals surface area contributed by atoms with Crippen LogP contribution >= 0.6 is 0 Å². The van der Waals surface area contributed by atoms with Crippen LogP contribution in [0, 0.1) is 0 Å². The van der Waals surface area contributed by atoms with Crippen molar-refractivity contribution < 1.29 is 4.79 Å². The topological polar surface area (TPSA) is 83.8 Å². The first-order valence-corrected chi connectivity index (χ1v) is 3.68. The zero-order valence-corrected chi connectivity index (χ0v) is 6.87. The second-order valence-electron chi connectivity index (χ2n) is 2.50. The number of carbonyl (C=O) groups excluding carboxylic acids is 1. The quantitative estimate of drug-likeness (QED) is 0.542. The maximum Gasteiger partial charge on any atom is 0.237 e. The minimum absolute atomic E-state index is 0.162. The average Bonchev–Trinajstić information content (AvgIpc) is 2.55. The predicted octanol–water partition coefficient (Wildman–Crippen LogP) is -0.974. The fourth-order valence-corrected chi connectivity index (χ4v) is 0.911. The Hall–Kier alpha value is -1.36. The maximum atomic E-state index is 11.0. The third-order valence-corrected chi connectivity index (χ3v) is 1.58. The van der Waals surface area contributed by atoms with Gasteiger partial charge in [-0.15, -0.1) is 0 Å². The number of amides is 1. The largest absolute Gasteiger partial charge is 0.358 e. The van der Waals surface area contributed by atoms with Crippen LogP contribution < -0.4 is 11.1 Å². The van der Waals surface area contributed by atoms with Gasteiger partial charge in [-0.25, -0.2) is 4.98 Å². The summed E-state index contributed by atoms with van der Waals surface area (Å²) in [5, 5.41) is 2.48. The summed E-state index contributed by atoms with van der Waals surface area (Å²) >= 11 is 0. The van der Waals surface area contributed by atoms with Crippen LogP contribution in [0.1, 0.15) is 5.69 Å². The molecule has 0 aliphatic rings. The summed E-state index contributed by atoms with van der Waals surface area (Å²) in [6.45, 7) is 0. The summed E-state index contributed by atoms with van der Waals surface area (Å²) in [4.78, 5) is 17.7. The van der Waals surface area contributed by atoms with E-state index >= 15 is 0 Å². The Kier molecular flexibility index (Phi) is 2.82. The van der Waals surface area contributed by atoms with Crippen molar-refractivity contribution >= 4 is 5.91 Å². The van der Waals surface area contributed by atoms with E-state index in [0.29, 0.717) is 6.42 Å². The van der Waals surface area contributed by atoms with Gasteiger partial charge >= 0.3 is 0 Å². The van der Waals surface area contributed by atoms with E-state index < -0.39 is 6.04 Å². The molecular weight excluding hydrogens is 156 g/mol. The summed E-state index contributed by atoms with van der Waals surface area (Å²) < 4.78 is 0. The summed E-state index contributed by atoms with van der Waals surface area (Å²) in [6, 6.07) is -0.504. The fraction of sp³-hybridized carbons (Fsp3) is 0.429. The van der Waals surface area contributed by atoms with Crippen molar-refractivity contribution in [2.45, 2.75) is 12.5 Å². The highest BCUT2D eigenvalue weighted by Gasteiger charge is 2.12. The van der Waals surface area contributed by atoms with Crippen LogP contribution in [0.2, 0.25) is 0 Å². The lowest BCUT2D eigenvalue weighted by atomic mass is 10.2. The van der Waals surface area contributed by atoms with Crippen LogP contribution in [0.4, 0.5) is 0 Å². The van der Waals surface area contributed by atoms with Crippen molar-refractivity contribution in [2.75, 3.05) is 7.05 Å². The van der Waals surface area contributed by atoms with Gasteiger partial charge in [0.1, 0.15) is 0 Å². The summed E-state index contributed by atoms with van der Waals surface area (Å²) in [5.41, 5.74) is 6.43. The molecule has 4 N–H and O–H groups in total. The Balaban J connectivity index is 2.47. The number of nitrogens with one attached hydrogen (secondary N) is 2. The number of nitrogens with two attached hydrogens (primary N) is 1. The standard InChI is InChI=1S/C7H12N4O/c1-9-7(12)6(8)2-5-3-10-4-11-5/h3-4,6H,2,8H2,1H3,(H,9,12)(H,10,11). The van der Waals surface area contributed by atoms with Crippen molar-refractivity contribution in [3.05, 3.63) is 18.2 Å². The number of rotatable bonds is 3. The number of hydrogen-bond acceptors (Lipinski definition) is 3. The minimum atomic E-state index is -0.504. The monoisotopic (exact) mass is 168 g/mol. The molecule has 0 saturated heterocycles. The molecule has 1 rings (SSSR count). The zero-order chi connectivity index (χ0) is 8.97. The number of aromatic amines is 1. The second-order valence-corrected chi connectivity index (χ2v) is 2.50. The molecule has 0 aliphatic carbocycles. The Morgan fingerprint density at radius 1 is 1.92 bits per heavy atom. The third kappa shape index (κ3) is 2.06. The van der Waals surface area contributed by atoms with E-state index in [4.69, 9.17) is 5.73 Å². The average molecular weight is 168 g/mol. The normalized spacial score (nSPS) is 12.5. The van der Waals surface area contributed by atoms with E-state index in [9.17, 15) is 4.79 Å². The molecular formula is C7H12N4O. The van der Waals surface area contributed by atoms with E-state index in [1.807, 2.05) is 0 Å². The molecule has 0 fully saturated rings. The molecule has 0 saturated carbocycles. The molecule has 1 aromatic heterocycles. The molecule has 0 aromatic carbocycles. The van der Waals surface area contributed by atoms with E-state index in [0.717, 1.165) is 5.69 Å². The lowest BCUT2D eigenvalue weighted by Gasteiger charge is -2.07. The molecule has 1 amide bonds. The number of imidazole rings is 1. The number of nitrogens with zero attached hydrogens (tertiary/aromatic N) is 1. The molecule has 0 radical (unpaired) electrons. The van der Waals surface area contributed by atoms with Gasteiger partial charge < -0.3 is 16.0 Å². The highest BCUT2D eigenvalue weighted by molar-refractivity contribution is 5.81. The molecule has 5 nitrogen and oxygen atoms in total. The SMILES string of the molecule is CNC(=O)C(N)Cc1cnc[nH]1. The Bertz CT molecular complexity index is 244. The molecule has 12 heavy (non-hydrogen) atoms. The fourth-order valence-electron chi connectivity index (χ4n) is 0.911. The number of carbonyl (C=O) groups is 1. The summed E-state index contributed by atoms with van der Waals surface area (Å²) in [6.07, 6.45) is 3.70. The van der Waals surface area contributed by atoms with Crippen molar-refractivity contribution in [3.63, 3.8) is 0 Å². The molecule has 1 heterocycles. The van der Waals surface area contributed by atoms with E-state index in [-0.39, 0.29) is 5.91 Å². The molecule has 0 bridgehead atoms. The van der Waals surface area contributed by atoms with E-state index in [1.165, 1.54) is 0 Å². The van der Waals surface area contributed by atoms with Gasteiger partial charge in [-0.1, -0.05) is 0 Å². The number of aromatic nitrogens is 2. The van der Waals surface area contributed by atoms with Gasteiger partial charge in [-0.3, -0.25) is 4.79 Å². The smallest absolute Gasteiger partial charge is 0.237 e. The van der Waals surface area contributed by atoms with Crippen molar-refractivity contribution in [1.82, 2.24) is 15.3 Å². The lowest BCUT2D eigenvalue weighted by Crippen LogP contribution is -2.40. The molecule has 0 aliphatic heterocycles. The zero-order valence-electron chi connectivity index (χ0n) is 6.87. The van der Waals surface area contributed by atoms with Gasteiger partial charge in [-0.2, -0.15) is 0 Å². The first kappa shape index (κ1) is 8.73.